The van der Waals surface area contributed by atoms with Crippen LogP contribution in [0.3, 0.4) is 0 Å². The van der Waals surface area contributed by atoms with Crippen LogP contribution in [0.5, 0.6) is 0 Å². The van der Waals surface area contributed by atoms with E-state index in [4.69, 9.17) is 5.11 Å². The maximum atomic E-state index is 11.6. The molecular weight excluding hydrogens is 210 g/mol. The summed E-state index contributed by atoms with van der Waals surface area (Å²) in [6.07, 6.45) is 1.89. The van der Waals surface area contributed by atoms with Crippen molar-refractivity contribution in [3.8, 4) is 0 Å². The molecule has 0 amide bonds. The molecule has 16 heavy (non-hydrogen) atoms. The molecule has 0 aliphatic rings. The molecule has 0 radical (unpaired) electrons. The van der Waals surface area contributed by atoms with Crippen molar-refractivity contribution < 1.29 is 9.90 Å². The number of carboxylic acid groups (broad SMARTS) is 1. The maximum Gasteiger partial charge on any atom is 0.328 e. The highest BCUT2D eigenvalue weighted by Gasteiger charge is 2.21. The molecule has 0 saturated carbocycles. The minimum atomic E-state index is -1.02. The first kappa shape index (κ1) is 10.4. The van der Waals surface area contributed by atoms with Gasteiger partial charge >= 0.3 is 11.7 Å². The molecule has 0 aliphatic heterocycles. The van der Waals surface area contributed by atoms with Crippen LogP contribution in [0.4, 0.5) is 0 Å². The zero-order valence-corrected chi connectivity index (χ0v) is 8.67. The number of aromatic nitrogens is 3. The van der Waals surface area contributed by atoms with Crippen molar-refractivity contribution in [2.45, 2.75) is 19.4 Å². The van der Waals surface area contributed by atoms with Gasteiger partial charge in [-0.1, -0.05) is 6.92 Å². The third-order valence-electron chi connectivity index (χ3n) is 2.47. The second-order valence-electron chi connectivity index (χ2n) is 3.43. The minimum absolute atomic E-state index is 0.344. The van der Waals surface area contributed by atoms with Gasteiger partial charge in [0.2, 0.25) is 0 Å². The second kappa shape index (κ2) is 3.80. The number of carboxylic acids is 1. The van der Waals surface area contributed by atoms with Gasteiger partial charge in [-0.25, -0.2) is 14.6 Å². The van der Waals surface area contributed by atoms with Gasteiger partial charge in [-0.2, -0.15) is 0 Å². The van der Waals surface area contributed by atoms with Crippen LogP contribution in [0, 0.1) is 0 Å². The van der Waals surface area contributed by atoms with Crippen LogP contribution in [0.25, 0.3) is 11.2 Å². The molecular formula is C10H11N3O3. The number of nitrogens with one attached hydrogen (secondary N) is 1. The Labute approximate surface area is 90.5 Å². The van der Waals surface area contributed by atoms with Crippen LogP contribution in [-0.2, 0) is 4.79 Å². The Balaban J connectivity index is 2.71. The van der Waals surface area contributed by atoms with Crippen LogP contribution in [0.1, 0.15) is 19.4 Å². The van der Waals surface area contributed by atoms with E-state index in [2.05, 4.69) is 9.97 Å². The van der Waals surface area contributed by atoms with E-state index in [0.29, 0.717) is 17.6 Å². The molecule has 0 aromatic carbocycles. The molecule has 2 N–H and O–H groups in total. The number of hydrogen-bond acceptors (Lipinski definition) is 3. The molecule has 2 rings (SSSR count). The van der Waals surface area contributed by atoms with Gasteiger partial charge in [0.15, 0.2) is 5.65 Å². The first-order valence-corrected chi connectivity index (χ1v) is 4.93. The molecule has 0 spiro atoms. The third kappa shape index (κ3) is 1.48. The maximum absolute atomic E-state index is 11.6. The summed E-state index contributed by atoms with van der Waals surface area (Å²) in [5.74, 6) is -1.02. The van der Waals surface area contributed by atoms with Gasteiger partial charge < -0.3 is 5.11 Å². The Morgan fingerprint density at radius 3 is 3.06 bits per heavy atom. The van der Waals surface area contributed by atoms with Gasteiger partial charge in [0, 0.05) is 6.20 Å². The van der Waals surface area contributed by atoms with Crippen molar-refractivity contribution in [3.63, 3.8) is 0 Å². The Kier molecular flexibility index (Phi) is 2.47. The summed E-state index contributed by atoms with van der Waals surface area (Å²) < 4.78 is 1.23. The molecule has 0 bridgehead atoms. The van der Waals surface area contributed by atoms with Gasteiger partial charge in [-0.05, 0) is 18.6 Å². The Morgan fingerprint density at radius 1 is 1.69 bits per heavy atom. The number of aliphatic carboxylic acids is 1. The van der Waals surface area contributed by atoms with Crippen molar-refractivity contribution in [1.82, 2.24) is 14.5 Å². The number of fused-ring (bicyclic) bond motifs is 1. The second-order valence-corrected chi connectivity index (χ2v) is 3.43. The molecule has 0 saturated heterocycles. The fraction of sp³-hybridized carbons (Fsp3) is 0.300. The minimum Gasteiger partial charge on any atom is -0.480 e. The summed E-state index contributed by atoms with van der Waals surface area (Å²) in [7, 11) is 0. The van der Waals surface area contributed by atoms with Crippen LogP contribution in [0.2, 0.25) is 0 Å². The van der Waals surface area contributed by atoms with Gasteiger partial charge in [0.05, 0.1) is 5.52 Å². The molecule has 1 atom stereocenters. The first-order valence-electron chi connectivity index (χ1n) is 4.93. The van der Waals surface area contributed by atoms with E-state index >= 15 is 0 Å². The quantitative estimate of drug-likeness (QED) is 0.800. The summed E-state index contributed by atoms with van der Waals surface area (Å²) in [5.41, 5.74) is 0.483. The van der Waals surface area contributed by atoms with Gasteiger partial charge in [0.1, 0.15) is 6.04 Å². The van der Waals surface area contributed by atoms with E-state index in [1.165, 1.54) is 4.57 Å². The summed E-state index contributed by atoms with van der Waals surface area (Å²) in [5, 5.41) is 9.03. The Morgan fingerprint density at radius 2 is 2.44 bits per heavy atom. The number of pyridine rings is 1. The summed E-state index contributed by atoms with van der Waals surface area (Å²) in [6.45, 7) is 1.72. The smallest absolute Gasteiger partial charge is 0.328 e. The SMILES string of the molecule is CCC(C(=O)O)n1c(=O)[nH]c2ncccc21. The third-order valence-corrected chi connectivity index (χ3v) is 2.47. The van der Waals surface area contributed by atoms with Gasteiger partial charge in [0.25, 0.3) is 0 Å². The molecule has 0 aliphatic carbocycles. The number of aromatic amines is 1. The van der Waals surface area contributed by atoms with Gasteiger partial charge in [-0.15, -0.1) is 0 Å². The number of nitrogens with zero attached hydrogens (tertiary/aromatic N) is 2. The van der Waals surface area contributed by atoms with Crippen LogP contribution in [-0.4, -0.2) is 25.6 Å². The van der Waals surface area contributed by atoms with Crippen molar-refractivity contribution in [2.75, 3.05) is 0 Å². The number of rotatable bonds is 3. The zero-order chi connectivity index (χ0) is 11.7. The van der Waals surface area contributed by atoms with Gasteiger partial charge in [-0.3, -0.25) is 9.55 Å². The molecule has 6 heteroatoms. The van der Waals surface area contributed by atoms with Crippen molar-refractivity contribution in [2.24, 2.45) is 0 Å². The Bertz CT molecular complexity index is 584. The number of hydrogen-bond donors (Lipinski definition) is 2. The molecule has 0 fully saturated rings. The largest absolute Gasteiger partial charge is 0.480 e. The summed E-state index contributed by atoms with van der Waals surface area (Å²) in [4.78, 5) is 29.2. The molecule has 2 heterocycles. The lowest BCUT2D eigenvalue weighted by molar-refractivity contribution is -0.140. The fourth-order valence-electron chi connectivity index (χ4n) is 1.74. The predicted octanol–water partition coefficient (Wildman–Crippen LogP) is 0.760. The number of imidazole rings is 1. The first-order chi connectivity index (χ1) is 7.65. The van der Waals surface area contributed by atoms with E-state index in [1.54, 1.807) is 25.3 Å². The van der Waals surface area contributed by atoms with E-state index in [0.717, 1.165) is 0 Å². The standard InChI is InChI=1S/C10H11N3O3/c1-2-6(9(14)15)13-7-4-3-5-11-8(7)12-10(13)16/h3-6H,2H2,1H3,(H,14,15)(H,11,12,16). The molecule has 2 aromatic rings. The molecule has 2 aromatic heterocycles. The monoisotopic (exact) mass is 221 g/mol. The number of carbonyl (C=O) groups is 1. The fourth-order valence-corrected chi connectivity index (χ4v) is 1.74. The van der Waals surface area contributed by atoms with E-state index in [-0.39, 0.29) is 0 Å². The van der Waals surface area contributed by atoms with E-state index in [9.17, 15) is 9.59 Å². The molecule has 6 nitrogen and oxygen atoms in total. The lowest BCUT2D eigenvalue weighted by atomic mass is 10.2. The van der Waals surface area contributed by atoms with Crippen molar-refractivity contribution in [3.05, 3.63) is 28.8 Å². The van der Waals surface area contributed by atoms with Crippen molar-refractivity contribution >= 4 is 17.1 Å². The highest BCUT2D eigenvalue weighted by atomic mass is 16.4. The topological polar surface area (TPSA) is 88.0 Å². The van der Waals surface area contributed by atoms with E-state index in [1.807, 2.05) is 0 Å². The number of H-pyrrole nitrogens is 1. The highest BCUT2D eigenvalue weighted by molar-refractivity contribution is 5.77. The lowest BCUT2D eigenvalue weighted by Crippen LogP contribution is -2.27. The average Bonchev–Trinajstić information content (AvgIpc) is 2.57. The van der Waals surface area contributed by atoms with Crippen LogP contribution in [0.15, 0.2) is 23.1 Å². The summed E-state index contributed by atoms with van der Waals surface area (Å²) >= 11 is 0. The molecule has 84 valence electrons. The normalized spacial score (nSPS) is 12.8. The zero-order valence-electron chi connectivity index (χ0n) is 8.67. The Hall–Kier alpha value is -2.11. The lowest BCUT2D eigenvalue weighted by Gasteiger charge is -2.10. The van der Waals surface area contributed by atoms with Crippen LogP contribution < -0.4 is 5.69 Å². The van der Waals surface area contributed by atoms with Crippen LogP contribution >= 0.6 is 0 Å². The highest BCUT2D eigenvalue weighted by Crippen LogP contribution is 2.15. The van der Waals surface area contributed by atoms with E-state index < -0.39 is 17.7 Å². The summed E-state index contributed by atoms with van der Waals surface area (Å²) in [6, 6.07) is 2.48. The average molecular weight is 221 g/mol. The molecule has 1 unspecified atom stereocenters. The predicted molar refractivity (Wildman–Crippen MR) is 57.3 cm³/mol. The van der Waals surface area contributed by atoms with Crippen molar-refractivity contribution in [1.29, 1.82) is 0 Å².